The number of benzene rings is 2. The lowest BCUT2D eigenvalue weighted by Gasteiger charge is -2.33. The first kappa shape index (κ1) is 18.1. The van der Waals surface area contributed by atoms with Crippen molar-refractivity contribution in [2.45, 2.75) is 37.2 Å². The molecule has 0 aromatic heterocycles. The predicted molar refractivity (Wildman–Crippen MR) is 98.3 cm³/mol. The predicted octanol–water partition coefficient (Wildman–Crippen LogP) is 2.70. The van der Waals surface area contributed by atoms with E-state index < -0.39 is 24.4 Å². The second kappa shape index (κ2) is 7.37. The minimum atomic E-state index is -1.24. The van der Waals surface area contributed by atoms with Gasteiger partial charge in [0.15, 0.2) is 0 Å². The van der Waals surface area contributed by atoms with Crippen molar-refractivity contribution < 1.29 is 18.3 Å². The van der Waals surface area contributed by atoms with Gasteiger partial charge in [0.1, 0.15) is 18.1 Å². The zero-order valence-corrected chi connectivity index (χ0v) is 14.9. The number of halogens is 2. The standard InChI is InChI=1S/C21H22F2N2O2/c22-16-6-2-5-15(11-16)14-4-1-3-13(9-14)10-18-20(24)17(23)12-25(18)21(26)19-7-8-27-19/h1-6,9,11,17-20H,7-8,10,12,24H2/t17-,18-,19?,20?/m0/s1. The summed E-state index contributed by atoms with van der Waals surface area (Å²) in [5, 5.41) is 0. The number of likely N-dealkylation sites (tertiary alicyclic amines) is 1. The molecule has 4 rings (SSSR count). The van der Waals surface area contributed by atoms with Crippen LogP contribution in [0.15, 0.2) is 48.5 Å². The zero-order chi connectivity index (χ0) is 19.0. The summed E-state index contributed by atoms with van der Waals surface area (Å²) >= 11 is 0. The number of carbonyl (C=O) groups is 1. The smallest absolute Gasteiger partial charge is 0.252 e. The van der Waals surface area contributed by atoms with Crippen LogP contribution in [0.1, 0.15) is 12.0 Å². The lowest BCUT2D eigenvalue weighted by Crippen LogP contribution is -2.51. The lowest BCUT2D eigenvalue weighted by atomic mass is 9.96. The van der Waals surface area contributed by atoms with Gasteiger partial charge in [0.25, 0.3) is 5.91 Å². The fraction of sp³-hybridized carbons (Fsp3) is 0.381. The lowest BCUT2D eigenvalue weighted by molar-refractivity contribution is -0.157. The van der Waals surface area contributed by atoms with Crippen LogP contribution in [0.2, 0.25) is 0 Å². The fourth-order valence-corrected chi connectivity index (χ4v) is 3.80. The summed E-state index contributed by atoms with van der Waals surface area (Å²) in [5.41, 5.74) is 8.64. The van der Waals surface area contributed by atoms with Crippen molar-refractivity contribution in [1.82, 2.24) is 4.90 Å². The molecule has 6 heteroatoms. The highest BCUT2D eigenvalue weighted by Gasteiger charge is 2.45. The summed E-state index contributed by atoms with van der Waals surface area (Å²) in [6.45, 7) is 0.573. The Hall–Kier alpha value is -2.31. The van der Waals surface area contributed by atoms with Gasteiger partial charge in [-0.15, -0.1) is 0 Å². The van der Waals surface area contributed by atoms with Crippen LogP contribution in [0.25, 0.3) is 11.1 Å². The number of nitrogens with zero attached hydrogens (tertiary/aromatic N) is 1. The van der Waals surface area contributed by atoms with Crippen LogP contribution in [0.4, 0.5) is 8.78 Å². The number of alkyl halides is 1. The summed E-state index contributed by atoms with van der Waals surface area (Å²) in [4.78, 5) is 14.1. The zero-order valence-electron chi connectivity index (χ0n) is 14.9. The summed E-state index contributed by atoms with van der Waals surface area (Å²) in [6, 6.07) is 12.9. The maximum absolute atomic E-state index is 14.3. The van der Waals surface area contributed by atoms with Crippen molar-refractivity contribution in [3.8, 4) is 11.1 Å². The number of hydrogen-bond donors (Lipinski definition) is 1. The quantitative estimate of drug-likeness (QED) is 0.898. The minimum Gasteiger partial charge on any atom is -0.368 e. The Morgan fingerprint density at radius 1 is 1.19 bits per heavy atom. The normalized spacial score (nSPS) is 27.4. The second-order valence-corrected chi connectivity index (χ2v) is 7.21. The number of rotatable bonds is 4. The number of amides is 1. The average molecular weight is 372 g/mol. The third-order valence-electron chi connectivity index (χ3n) is 5.42. The molecule has 2 aromatic carbocycles. The van der Waals surface area contributed by atoms with Crippen molar-refractivity contribution >= 4 is 5.91 Å². The number of carbonyl (C=O) groups excluding carboxylic acids is 1. The molecule has 2 saturated heterocycles. The molecule has 142 valence electrons. The van der Waals surface area contributed by atoms with Gasteiger partial charge in [-0.25, -0.2) is 8.78 Å². The molecule has 2 heterocycles. The van der Waals surface area contributed by atoms with E-state index in [9.17, 15) is 13.6 Å². The highest BCUT2D eigenvalue weighted by atomic mass is 19.1. The van der Waals surface area contributed by atoms with E-state index in [1.54, 1.807) is 6.07 Å². The van der Waals surface area contributed by atoms with Crippen LogP contribution in [0.3, 0.4) is 0 Å². The molecule has 4 atom stereocenters. The molecule has 2 N–H and O–H groups in total. The van der Waals surface area contributed by atoms with Gasteiger partial charge in [-0.2, -0.15) is 0 Å². The van der Waals surface area contributed by atoms with E-state index in [0.29, 0.717) is 19.4 Å². The largest absolute Gasteiger partial charge is 0.368 e. The molecule has 2 unspecified atom stereocenters. The summed E-state index contributed by atoms with van der Waals surface area (Å²) in [5.74, 6) is -0.476. The van der Waals surface area contributed by atoms with Gasteiger partial charge >= 0.3 is 0 Å². The SMILES string of the molecule is NC1[C@@H](F)CN(C(=O)C2CCO2)[C@H]1Cc1cccc(-c2cccc(F)c2)c1. The number of hydrogen-bond acceptors (Lipinski definition) is 3. The number of nitrogens with two attached hydrogens (primary N) is 1. The van der Waals surface area contributed by atoms with Gasteiger partial charge in [0.05, 0.1) is 25.2 Å². The maximum atomic E-state index is 14.3. The van der Waals surface area contributed by atoms with Gasteiger partial charge in [-0.1, -0.05) is 36.4 Å². The molecule has 2 aliphatic rings. The first-order valence-electron chi connectivity index (χ1n) is 9.19. The summed E-state index contributed by atoms with van der Waals surface area (Å²) in [7, 11) is 0. The van der Waals surface area contributed by atoms with E-state index in [4.69, 9.17) is 10.5 Å². The Morgan fingerprint density at radius 3 is 2.56 bits per heavy atom. The molecule has 2 aliphatic heterocycles. The van der Waals surface area contributed by atoms with Gasteiger partial charge in [0.2, 0.25) is 0 Å². The molecular weight excluding hydrogens is 350 g/mol. The molecule has 4 nitrogen and oxygen atoms in total. The van der Waals surface area contributed by atoms with Crippen LogP contribution in [0, 0.1) is 5.82 Å². The molecule has 27 heavy (non-hydrogen) atoms. The van der Waals surface area contributed by atoms with Crippen LogP contribution in [-0.4, -0.2) is 48.3 Å². The fourth-order valence-electron chi connectivity index (χ4n) is 3.80. The molecule has 0 bridgehead atoms. The van der Waals surface area contributed by atoms with Crippen molar-refractivity contribution in [3.05, 3.63) is 59.9 Å². The van der Waals surface area contributed by atoms with Gasteiger partial charge < -0.3 is 15.4 Å². The van der Waals surface area contributed by atoms with Gasteiger partial charge in [-0.05, 0) is 35.2 Å². The number of ether oxygens (including phenoxy) is 1. The van der Waals surface area contributed by atoms with Crippen LogP contribution in [-0.2, 0) is 16.0 Å². The molecule has 1 amide bonds. The van der Waals surface area contributed by atoms with Crippen molar-refractivity contribution in [2.24, 2.45) is 5.73 Å². The average Bonchev–Trinajstić information content (AvgIpc) is 2.89. The van der Waals surface area contributed by atoms with Crippen molar-refractivity contribution in [2.75, 3.05) is 13.2 Å². The van der Waals surface area contributed by atoms with Crippen LogP contribution >= 0.6 is 0 Å². The Bertz CT molecular complexity index is 840. The summed E-state index contributed by atoms with van der Waals surface area (Å²) < 4.78 is 33.0. The molecular formula is C21H22F2N2O2. The third-order valence-corrected chi connectivity index (χ3v) is 5.42. The van der Waals surface area contributed by atoms with E-state index in [2.05, 4.69) is 0 Å². The Morgan fingerprint density at radius 2 is 1.89 bits per heavy atom. The van der Waals surface area contributed by atoms with E-state index >= 15 is 0 Å². The van der Waals surface area contributed by atoms with Crippen molar-refractivity contribution in [3.63, 3.8) is 0 Å². The molecule has 2 fully saturated rings. The monoisotopic (exact) mass is 372 g/mol. The minimum absolute atomic E-state index is 0.00805. The van der Waals surface area contributed by atoms with Crippen molar-refractivity contribution in [1.29, 1.82) is 0 Å². The highest BCUT2D eigenvalue weighted by Crippen LogP contribution is 2.28. The van der Waals surface area contributed by atoms with Gasteiger partial charge in [0, 0.05) is 6.42 Å². The molecule has 0 radical (unpaired) electrons. The van der Waals surface area contributed by atoms with Crippen LogP contribution in [0.5, 0.6) is 0 Å². The maximum Gasteiger partial charge on any atom is 0.252 e. The van der Waals surface area contributed by atoms with E-state index in [-0.39, 0.29) is 18.3 Å². The molecule has 0 spiro atoms. The second-order valence-electron chi connectivity index (χ2n) is 7.21. The topological polar surface area (TPSA) is 55.6 Å². The first-order valence-corrected chi connectivity index (χ1v) is 9.19. The van der Waals surface area contributed by atoms with Crippen LogP contribution < -0.4 is 5.73 Å². The molecule has 0 aliphatic carbocycles. The van der Waals surface area contributed by atoms with E-state index in [0.717, 1.165) is 16.7 Å². The highest BCUT2D eigenvalue weighted by molar-refractivity contribution is 5.82. The van der Waals surface area contributed by atoms with Gasteiger partial charge in [-0.3, -0.25) is 4.79 Å². The van der Waals surface area contributed by atoms with E-state index in [1.807, 2.05) is 30.3 Å². The Labute approximate surface area is 156 Å². The molecule has 0 saturated carbocycles. The Kier molecular flexibility index (Phi) is 4.93. The summed E-state index contributed by atoms with van der Waals surface area (Å²) in [6.07, 6.45) is -0.596. The van der Waals surface area contributed by atoms with E-state index in [1.165, 1.54) is 17.0 Å². The third kappa shape index (κ3) is 3.59. The molecule has 2 aromatic rings. The first-order chi connectivity index (χ1) is 13.0. The Balaban J connectivity index is 1.56.